The first kappa shape index (κ1) is 12.9. The number of benzene rings is 2. The fourth-order valence-corrected chi connectivity index (χ4v) is 2.33. The minimum atomic E-state index is -0.451. The maximum atomic E-state index is 13.3. The fraction of sp³-hybridized carbons (Fsp3) is 0.0625. The third-order valence-electron chi connectivity index (χ3n) is 3.16. The number of hydrogen-bond acceptors (Lipinski definition) is 2. The highest BCUT2D eigenvalue weighted by molar-refractivity contribution is 6.35. The molecule has 2 nitrogen and oxygen atoms in total. The minimum absolute atomic E-state index is 0.154. The van der Waals surface area contributed by atoms with Crippen LogP contribution in [-0.4, -0.2) is 5.78 Å². The molecule has 1 heterocycles. The molecule has 100 valence electrons. The van der Waals surface area contributed by atoms with Crippen molar-refractivity contribution in [2.24, 2.45) is 0 Å². The molecular weight excluding hydrogens is 279 g/mol. The highest BCUT2D eigenvalue weighted by Crippen LogP contribution is 2.28. The smallest absolute Gasteiger partial charge is 0.228 e. The molecule has 0 fully saturated rings. The quantitative estimate of drug-likeness (QED) is 0.636. The number of carbonyl (C=O) groups is 1. The molecular formula is C16H10ClFO2. The number of halogens is 2. The van der Waals surface area contributed by atoms with Crippen LogP contribution >= 0.6 is 11.6 Å². The zero-order valence-electron chi connectivity index (χ0n) is 10.6. The Morgan fingerprint density at radius 2 is 2.00 bits per heavy atom. The summed E-state index contributed by atoms with van der Waals surface area (Å²) in [7, 11) is 0. The van der Waals surface area contributed by atoms with Crippen molar-refractivity contribution in [3.8, 4) is 0 Å². The van der Waals surface area contributed by atoms with Crippen molar-refractivity contribution >= 4 is 28.4 Å². The summed E-state index contributed by atoms with van der Waals surface area (Å²) in [5.41, 5.74) is 1.45. The number of carbonyl (C=O) groups excluding carboxylic acids is 1. The zero-order valence-corrected chi connectivity index (χ0v) is 11.4. The van der Waals surface area contributed by atoms with Crippen LogP contribution in [0.2, 0.25) is 5.02 Å². The third-order valence-corrected chi connectivity index (χ3v) is 3.46. The van der Waals surface area contributed by atoms with Crippen LogP contribution in [0.3, 0.4) is 0 Å². The van der Waals surface area contributed by atoms with Gasteiger partial charge < -0.3 is 4.42 Å². The van der Waals surface area contributed by atoms with E-state index in [4.69, 9.17) is 16.0 Å². The molecule has 0 aliphatic carbocycles. The Balaban J connectivity index is 2.13. The lowest BCUT2D eigenvalue weighted by molar-refractivity contribution is 0.101. The number of fused-ring (bicyclic) bond motifs is 1. The van der Waals surface area contributed by atoms with Gasteiger partial charge in [0.25, 0.3) is 0 Å². The summed E-state index contributed by atoms with van der Waals surface area (Å²) in [5, 5.41) is 1.19. The van der Waals surface area contributed by atoms with Crippen LogP contribution in [0.5, 0.6) is 0 Å². The fourth-order valence-electron chi connectivity index (χ4n) is 2.11. The van der Waals surface area contributed by atoms with Crippen molar-refractivity contribution in [2.45, 2.75) is 6.92 Å². The van der Waals surface area contributed by atoms with Crippen LogP contribution in [0.1, 0.15) is 21.7 Å². The summed E-state index contributed by atoms with van der Waals surface area (Å²) in [4.78, 5) is 12.4. The van der Waals surface area contributed by atoms with Crippen LogP contribution in [0, 0.1) is 12.7 Å². The first-order valence-electron chi connectivity index (χ1n) is 6.05. The predicted molar refractivity (Wildman–Crippen MR) is 75.8 cm³/mol. The highest BCUT2D eigenvalue weighted by Gasteiger charge is 2.18. The van der Waals surface area contributed by atoms with Crippen LogP contribution in [0.15, 0.2) is 46.9 Å². The van der Waals surface area contributed by atoms with Crippen molar-refractivity contribution in [3.05, 3.63) is 70.2 Å². The van der Waals surface area contributed by atoms with Crippen molar-refractivity contribution in [2.75, 3.05) is 0 Å². The largest absolute Gasteiger partial charge is 0.451 e. The summed E-state index contributed by atoms with van der Waals surface area (Å²) in [6.45, 7) is 1.75. The molecule has 0 aliphatic rings. The van der Waals surface area contributed by atoms with Crippen molar-refractivity contribution < 1.29 is 13.6 Å². The Morgan fingerprint density at radius 3 is 2.75 bits per heavy atom. The van der Waals surface area contributed by atoms with Gasteiger partial charge in [0, 0.05) is 10.9 Å². The molecule has 0 radical (unpaired) electrons. The molecule has 0 saturated heterocycles. The summed E-state index contributed by atoms with van der Waals surface area (Å²) in [5.74, 6) is -0.649. The maximum absolute atomic E-state index is 13.3. The predicted octanol–water partition coefficient (Wildman–Crippen LogP) is 4.76. The molecule has 0 N–H and O–H groups in total. The van der Waals surface area contributed by atoms with Crippen LogP contribution in [0.25, 0.3) is 11.0 Å². The Hall–Kier alpha value is -2.13. The van der Waals surface area contributed by atoms with Gasteiger partial charge in [0.15, 0.2) is 11.3 Å². The van der Waals surface area contributed by atoms with Gasteiger partial charge in [0.05, 0.1) is 5.02 Å². The summed E-state index contributed by atoms with van der Waals surface area (Å²) in [6.07, 6.45) is 0. The Morgan fingerprint density at radius 1 is 1.20 bits per heavy atom. The maximum Gasteiger partial charge on any atom is 0.228 e. The molecule has 0 atom stereocenters. The van der Waals surface area contributed by atoms with E-state index in [1.807, 2.05) is 0 Å². The van der Waals surface area contributed by atoms with E-state index in [2.05, 4.69) is 0 Å². The van der Waals surface area contributed by atoms with Crippen LogP contribution < -0.4 is 0 Å². The van der Waals surface area contributed by atoms with Crippen LogP contribution in [-0.2, 0) is 0 Å². The molecule has 0 bridgehead atoms. The molecule has 0 amide bonds. The van der Waals surface area contributed by atoms with E-state index in [0.717, 1.165) is 5.39 Å². The Bertz CT molecular complexity index is 820. The van der Waals surface area contributed by atoms with E-state index in [1.54, 1.807) is 37.3 Å². The highest BCUT2D eigenvalue weighted by atomic mass is 35.5. The molecule has 0 unspecified atom stereocenters. The van der Waals surface area contributed by atoms with E-state index < -0.39 is 5.82 Å². The van der Waals surface area contributed by atoms with Crippen molar-refractivity contribution in [3.63, 3.8) is 0 Å². The lowest BCUT2D eigenvalue weighted by Crippen LogP contribution is -2.02. The van der Waals surface area contributed by atoms with E-state index in [0.29, 0.717) is 21.7 Å². The van der Waals surface area contributed by atoms with Gasteiger partial charge in [-0.05, 0) is 36.8 Å². The lowest BCUT2D eigenvalue weighted by atomic mass is 10.0. The van der Waals surface area contributed by atoms with Gasteiger partial charge in [-0.15, -0.1) is 0 Å². The summed E-state index contributed by atoms with van der Waals surface area (Å²) < 4.78 is 18.8. The first-order valence-corrected chi connectivity index (χ1v) is 6.43. The van der Waals surface area contributed by atoms with Crippen molar-refractivity contribution in [1.82, 2.24) is 0 Å². The number of para-hydroxylation sites is 1. The van der Waals surface area contributed by atoms with Gasteiger partial charge in [-0.3, -0.25) is 4.79 Å². The SMILES string of the molecule is Cc1ccc(F)cc1C(=O)c1cc2cccc(Cl)c2o1. The average molecular weight is 289 g/mol. The summed E-state index contributed by atoms with van der Waals surface area (Å²) in [6, 6.07) is 11.0. The molecule has 1 aromatic heterocycles. The molecule has 0 aliphatic heterocycles. The third kappa shape index (κ3) is 2.10. The number of rotatable bonds is 2. The molecule has 0 saturated carbocycles. The molecule has 20 heavy (non-hydrogen) atoms. The topological polar surface area (TPSA) is 30.2 Å². The van der Waals surface area contributed by atoms with E-state index >= 15 is 0 Å². The van der Waals surface area contributed by atoms with Gasteiger partial charge in [0.2, 0.25) is 5.78 Å². The van der Waals surface area contributed by atoms with Crippen molar-refractivity contribution in [1.29, 1.82) is 0 Å². The van der Waals surface area contributed by atoms with E-state index in [-0.39, 0.29) is 11.5 Å². The number of ketones is 1. The second-order valence-electron chi connectivity index (χ2n) is 4.56. The van der Waals surface area contributed by atoms with E-state index in [1.165, 1.54) is 12.1 Å². The standard InChI is InChI=1S/C16H10ClFO2/c1-9-5-6-11(18)8-12(9)15(19)14-7-10-3-2-4-13(17)16(10)20-14/h2-8H,1H3. The molecule has 4 heteroatoms. The molecule has 3 rings (SSSR count). The van der Waals surface area contributed by atoms with Gasteiger partial charge in [0.1, 0.15) is 5.82 Å². The second-order valence-corrected chi connectivity index (χ2v) is 4.96. The Kier molecular flexibility index (Phi) is 3.07. The summed E-state index contributed by atoms with van der Waals surface area (Å²) >= 11 is 6.01. The molecule has 3 aromatic rings. The lowest BCUT2D eigenvalue weighted by Gasteiger charge is -2.02. The first-order chi connectivity index (χ1) is 9.56. The van der Waals surface area contributed by atoms with Gasteiger partial charge in [-0.2, -0.15) is 0 Å². The van der Waals surface area contributed by atoms with Gasteiger partial charge >= 0.3 is 0 Å². The minimum Gasteiger partial charge on any atom is -0.451 e. The average Bonchev–Trinajstić information content (AvgIpc) is 2.86. The Labute approximate surface area is 119 Å². The van der Waals surface area contributed by atoms with Crippen LogP contribution in [0.4, 0.5) is 4.39 Å². The number of aryl methyl sites for hydroxylation is 1. The van der Waals surface area contributed by atoms with E-state index in [9.17, 15) is 9.18 Å². The second kappa shape index (κ2) is 4.76. The molecule has 0 spiro atoms. The van der Waals surface area contributed by atoms with Gasteiger partial charge in [-0.25, -0.2) is 4.39 Å². The monoisotopic (exact) mass is 288 g/mol. The normalized spacial score (nSPS) is 10.9. The number of furan rings is 1. The zero-order chi connectivity index (χ0) is 14.3. The number of hydrogen-bond donors (Lipinski definition) is 0. The molecule has 2 aromatic carbocycles. The van der Waals surface area contributed by atoms with Gasteiger partial charge in [-0.1, -0.05) is 29.8 Å².